The van der Waals surface area contributed by atoms with Gasteiger partial charge in [-0.1, -0.05) is 6.07 Å². The first-order chi connectivity index (χ1) is 13.9. The van der Waals surface area contributed by atoms with Gasteiger partial charge in [0, 0.05) is 5.56 Å². The second-order valence-electron chi connectivity index (χ2n) is 7.09. The van der Waals surface area contributed by atoms with E-state index in [1.807, 2.05) is 18.2 Å². The van der Waals surface area contributed by atoms with Crippen molar-refractivity contribution in [1.29, 1.82) is 0 Å². The van der Waals surface area contributed by atoms with Crippen LogP contribution in [0.3, 0.4) is 0 Å². The minimum Gasteiger partial charge on any atom is -0.493 e. The number of aliphatic hydroxyl groups excluding tert-OH is 1. The van der Waals surface area contributed by atoms with Gasteiger partial charge in [0.1, 0.15) is 6.33 Å². The van der Waals surface area contributed by atoms with Crippen molar-refractivity contribution in [2.45, 2.75) is 19.4 Å². The van der Waals surface area contributed by atoms with E-state index in [4.69, 9.17) is 9.47 Å². The predicted molar refractivity (Wildman–Crippen MR) is 106 cm³/mol. The highest BCUT2D eigenvalue weighted by Crippen LogP contribution is 2.33. The minimum absolute atomic E-state index is 0.187. The molecule has 0 aliphatic carbocycles. The van der Waals surface area contributed by atoms with Crippen LogP contribution in [0, 0.1) is 0 Å². The average molecular weight is 397 g/mol. The zero-order chi connectivity index (χ0) is 21.0. The van der Waals surface area contributed by atoms with Gasteiger partial charge in [-0.15, -0.1) is 5.10 Å². The monoisotopic (exact) mass is 397 g/mol. The van der Waals surface area contributed by atoms with Gasteiger partial charge in [0.2, 0.25) is 0 Å². The number of amides is 1. The minimum atomic E-state index is -0.759. The lowest BCUT2D eigenvalue weighted by molar-refractivity contribution is 0.0869. The SMILES string of the molecule is COc1ccc(-c2cc(C(=O)NC(C)(C)CO)cc(-n3cnnn3)c2)cc1OC. The molecular formula is C20H23N5O4. The van der Waals surface area contributed by atoms with Crippen LogP contribution in [0.4, 0.5) is 0 Å². The molecule has 3 rings (SSSR count). The van der Waals surface area contributed by atoms with E-state index in [2.05, 4.69) is 20.8 Å². The summed E-state index contributed by atoms with van der Waals surface area (Å²) in [6, 6.07) is 10.8. The summed E-state index contributed by atoms with van der Waals surface area (Å²) < 4.78 is 12.2. The van der Waals surface area contributed by atoms with Crippen molar-refractivity contribution < 1.29 is 19.4 Å². The van der Waals surface area contributed by atoms with Gasteiger partial charge in [-0.25, -0.2) is 4.68 Å². The largest absolute Gasteiger partial charge is 0.493 e. The van der Waals surface area contributed by atoms with Crippen molar-refractivity contribution in [2.75, 3.05) is 20.8 Å². The van der Waals surface area contributed by atoms with Crippen LogP contribution in [-0.4, -0.2) is 57.6 Å². The summed E-state index contributed by atoms with van der Waals surface area (Å²) in [6.45, 7) is 3.30. The molecule has 2 aromatic carbocycles. The molecule has 2 N–H and O–H groups in total. The number of ether oxygens (including phenoxy) is 2. The van der Waals surface area contributed by atoms with Crippen molar-refractivity contribution >= 4 is 5.91 Å². The number of nitrogens with zero attached hydrogens (tertiary/aromatic N) is 4. The lowest BCUT2D eigenvalue weighted by Gasteiger charge is -2.23. The second-order valence-corrected chi connectivity index (χ2v) is 7.09. The molecule has 0 bridgehead atoms. The van der Waals surface area contributed by atoms with Gasteiger partial charge in [0.25, 0.3) is 5.91 Å². The number of rotatable bonds is 7. The smallest absolute Gasteiger partial charge is 0.251 e. The number of nitrogens with one attached hydrogen (secondary N) is 1. The molecule has 9 nitrogen and oxygen atoms in total. The number of hydrogen-bond acceptors (Lipinski definition) is 7. The lowest BCUT2D eigenvalue weighted by atomic mass is 10.00. The first kappa shape index (κ1) is 20.3. The van der Waals surface area contributed by atoms with Gasteiger partial charge in [-0.05, 0) is 65.7 Å². The van der Waals surface area contributed by atoms with Crippen LogP contribution in [0.15, 0.2) is 42.7 Å². The van der Waals surface area contributed by atoms with E-state index in [-0.39, 0.29) is 12.5 Å². The van der Waals surface area contributed by atoms with Crippen molar-refractivity contribution in [3.8, 4) is 28.3 Å². The molecule has 0 saturated carbocycles. The molecule has 0 aliphatic rings. The van der Waals surface area contributed by atoms with Crippen molar-refractivity contribution in [1.82, 2.24) is 25.5 Å². The summed E-state index contributed by atoms with van der Waals surface area (Å²) in [5, 5.41) is 23.5. The van der Waals surface area contributed by atoms with E-state index < -0.39 is 5.54 Å². The first-order valence-electron chi connectivity index (χ1n) is 8.91. The Labute approximate surface area is 168 Å². The Balaban J connectivity index is 2.10. The third kappa shape index (κ3) is 4.52. The number of carbonyl (C=O) groups excluding carboxylic acids is 1. The highest BCUT2D eigenvalue weighted by molar-refractivity contribution is 5.96. The van der Waals surface area contributed by atoms with Crippen LogP contribution in [0.2, 0.25) is 0 Å². The van der Waals surface area contributed by atoms with Crippen molar-refractivity contribution in [3.63, 3.8) is 0 Å². The number of tetrazole rings is 1. The highest BCUT2D eigenvalue weighted by Gasteiger charge is 2.21. The van der Waals surface area contributed by atoms with E-state index in [9.17, 15) is 9.90 Å². The molecule has 0 radical (unpaired) electrons. The van der Waals surface area contributed by atoms with Crippen LogP contribution in [0.25, 0.3) is 16.8 Å². The predicted octanol–water partition coefficient (Wildman–Crippen LogP) is 1.85. The van der Waals surface area contributed by atoms with E-state index in [1.165, 1.54) is 11.0 Å². The molecule has 1 amide bonds. The molecule has 1 aromatic heterocycles. The molecule has 0 atom stereocenters. The molecule has 152 valence electrons. The molecule has 0 fully saturated rings. The fourth-order valence-electron chi connectivity index (χ4n) is 2.76. The van der Waals surface area contributed by atoms with Crippen LogP contribution in [0.5, 0.6) is 11.5 Å². The van der Waals surface area contributed by atoms with E-state index >= 15 is 0 Å². The zero-order valence-electron chi connectivity index (χ0n) is 16.7. The Kier molecular flexibility index (Phi) is 5.79. The summed E-state index contributed by atoms with van der Waals surface area (Å²) in [5.74, 6) is 0.862. The summed E-state index contributed by atoms with van der Waals surface area (Å²) >= 11 is 0. The van der Waals surface area contributed by atoms with Crippen LogP contribution in [0.1, 0.15) is 24.2 Å². The lowest BCUT2D eigenvalue weighted by Crippen LogP contribution is -2.46. The van der Waals surface area contributed by atoms with Crippen LogP contribution in [-0.2, 0) is 0 Å². The molecular weight excluding hydrogens is 374 g/mol. The molecule has 3 aromatic rings. The summed E-state index contributed by atoms with van der Waals surface area (Å²) in [5.41, 5.74) is 1.86. The second kappa shape index (κ2) is 8.27. The number of methoxy groups -OCH3 is 2. The number of carbonyl (C=O) groups is 1. The van der Waals surface area contributed by atoms with E-state index in [1.54, 1.807) is 46.3 Å². The maximum atomic E-state index is 12.8. The fraction of sp³-hybridized carbons (Fsp3) is 0.300. The average Bonchev–Trinajstić information content (AvgIpc) is 3.27. The van der Waals surface area contributed by atoms with Gasteiger partial charge < -0.3 is 19.9 Å². The maximum Gasteiger partial charge on any atom is 0.251 e. The molecule has 29 heavy (non-hydrogen) atoms. The quantitative estimate of drug-likeness (QED) is 0.626. The Bertz CT molecular complexity index is 1000. The Morgan fingerprint density at radius 3 is 2.48 bits per heavy atom. The van der Waals surface area contributed by atoms with Gasteiger partial charge in [0.05, 0.1) is 32.1 Å². The molecule has 0 spiro atoms. The number of hydrogen-bond donors (Lipinski definition) is 2. The Hall–Kier alpha value is -3.46. The van der Waals surface area contributed by atoms with Crippen LogP contribution >= 0.6 is 0 Å². The molecule has 0 aliphatic heterocycles. The third-order valence-corrected chi connectivity index (χ3v) is 4.36. The van der Waals surface area contributed by atoms with E-state index in [0.717, 1.165) is 11.1 Å². The normalized spacial score (nSPS) is 11.2. The topological polar surface area (TPSA) is 111 Å². The van der Waals surface area contributed by atoms with Crippen molar-refractivity contribution in [3.05, 3.63) is 48.3 Å². The first-order valence-corrected chi connectivity index (χ1v) is 8.91. The Morgan fingerprint density at radius 2 is 1.86 bits per heavy atom. The molecule has 9 heteroatoms. The third-order valence-electron chi connectivity index (χ3n) is 4.36. The van der Waals surface area contributed by atoms with Gasteiger partial charge in [-0.3, -0.25) is 4.79 Å². The molecule has 1 heterocycles. The number of aromatic nitrogens is 4. The summed E-state index contributed by atoms with van der Waals surface area (Å²) in [7, 11) is 3.14. The number of benzene rings is 2. The summed E-state index contributed by atoms with van der Waals surface area (Å²) in [6.07, 6.45) is 1.45. The number of aliphatic hydroxyl groups is 1. The van der Waals surface area contributed by atoms with Gasteiger partial charge in [0.15, 0.2) is 11.5 Å². The fourth-order valence-corrected chi connectivity index (χ4v) is 2.76. The van der Waals surface area contributed by atoms with Gasteiger partial charge in [-0.2, -0.15) is 0 Å². The zero-order valence-corrected chi connectivity index (χ0v) is 16.7. The highest BCUT2D eigenvalue weighted by atomic mass is 16.5. The van der Waals surface area contributed by atoms with Crippen molar-refractivity contribution in [2.24, 2.45) is 0 Å². The molecule has 0 unspecified atom stereocenters. The standard InChI is InChI=1S/C20H23N5O4/c1-20(2,11-26)22-19(27)15-7-14(8-16(9-15)25-12-21-23-24-25)13-5-6-17(28-3)18(10-13)29-4/h5-10,12,26H,11H2,1-4H3,(H,22,27). The van der Waals surface area contributed by atoms with Gasteiger partial charge >= 0.3 is 0 Å². The maximum absolute atomic E-state index is 12.8. The molecule has 0 saturated heterocycles. The van der Waals surface area contributed by atoms with Crippen LogP contribution < -0.4 is 14.8 Å². The Morgan fingerprint density at radius 1 is 1.10 bits per heavy atom. The summed E-state index contributed by atoms with van der Waals surface area (Å²) in [4.78, 5) is 12.8. The van der Waals surface area contributed by atoms with E-state index in [0.29, 0.717) is 22.7 Å².